The Bertz CT molecular complexity index is 1310. The van der Waals surface area contributed by atoms with Crippen molar-refractivity contribution in [2.24, 2.45) is 7.05 Å². The Morgan fingerprint density at radius 2 is 1.85 bits per heavy atom. The van der Waals surface area contributed by atoms with Crippen LogP contribution in [0, 0.1) is 19.7 Å². The predicted molar refractivity (Wildman–Crippen MR) is 126 cm³/mol. The van der Waals surface area contributed by atoms with Crippen molar-refractivity contribution in [2.75, 3.05) is 5.75 Å². The van der Waals surface area contributed by atoms with Crippen molar-refractivity contribution in [3.8, 4) is 23.0 Å². The first-order valence-corrected chi connectivity index (χ1v) is 12.6. The van der Waals surface area contributed by atoms with Gasteiger partial charge in [-0.3, -0.25) is 4.79 Å². The molecule has 0 aliphatic rings. The summed E-state index contributed by atoms with van der Waals surface area (Å²) in [7, 11) is -1.79. The molecular formula is C23H25ClFN3O4S. The van der Waals surface area contributed by atoms with E-state index in [1.807, 2.05) is 6.92 Å². The fraction of sp³-hybridized carbons (Fsp3) is 0.348. The molecule has 2 heterocycles. The second-order valence-corrected chi connectivity index (χ2v) is 10.5. The van der Waals surface area contributed by atoms with E-state index in [-0.39, 0.29) is 39.5 Å². The lowest BCUT2D eigenvalue weighted by Crippen LogP contribution is -2.18. The van der Waals surface area contributed by atoms with Crippen LogP contribution in [0.3, 0.4) is 0 Å². The molecule has 3 aromatic rings. The Morgan fingerprint density at radius 1 is 1.12 bits per heavy atom. The normalized spacial score (nSPS) is 11.6. The van der Waals surface area contributed by atoms with Gasteiger partial charge in [0.25, 0.3) is 5.56 Å². The van der Waals surface area contributed by atoms with Gasteiger partial charge in [-0.05, 0) is 50.1 Å². The van der Waals surface area contributed by atoms with E-state index in [4.69, 9.17) is 16.3 Å². The average Bonchev–Trinajstić information content (AvgIpc) is 2.72. The van der Waals surface area contributed by atoms with Crippen LogP contribution in [0.4, 0.5) is 4.39 Å². The highest BCUT2D eigenvalue weighted by Gasteiger charge is 2.18. The van der Waals surface area contributed by atoms with Gasteiger partial charge in [0.15, 0.2) is 15.6 Å². The van der Waals surface area contributed by atoms with E-state index in [2.05, 4.69) is 9.97 Å². The molecule has 0 unspecified atom stereocenters. The maximum atomic E-state index is 13.6. The van der Waals surface area contributed by atoms with Crippen LogP contribution in [0.2, 0.25) is 5.02 Å². The molecule has 0 aliphatic carbocycles. The van der Waals surface area contributed by atoms with E-state index in [0.29, 0.717) is 28.8 Å². The number of sulfone groups is 1. The Kier molecular flexibility index (Phi) is 7.54. The maximum Gasteiger partial charge on any atom is 0.322 e. The summed E-state index contributed by atoms with van der Waals surface area (Å²) in [6.07, 6.45) is 2.91. The third kappa shape index (κ3) is 6.17. The SMILES string of the molecule is CCCCS(=O)(=O)Cc1cc(-c2cc(C)c(=O)n(C)c2)nc(Oc2c(C)cc(F)cc2Cl)n1. The first kappa shape index (κ1) is 24.9. The molecule has 0 N–H and O–H groups in total. The number of halogens is 2. The largest absolute Gasteiger partial charge is 0.422 e. The molecule has 33 heavy (non-hydrogen) atoms. The summed E-state index contributed by atoms with van der Waals surface area (Å²) in [6.45, 7) is 5.23. The van der Waals surface area contributed by atoms with E-state index in [1.54, 1.807) is 39.2 Å². The van der Waals surface area contributed by atoms with Crippen molar-refractivity contribution in [3.05, 3.63) is 68.5 Å². The molecule has 2 aromatic heterocycles. The summed E-state index contributed by atoms with van der Waals surface area (Å²) >= 11 is 6.15. The highest BCUT2D eigenvalue weighted by Crippen LogP contribution is 2.33. The van der Waals surface area contributed by atoms with Crippen molar-refractivity contribution < 1.29 is 17.5 Å². The molecule has 3 rings (SSSR count). The number of rotatable bonds is 8. The predicted octanol–water partition coefficient (Wildman–Crippen LogP) is 4.76. The van der Waals surface area contributed by atoms with Gasteiger partial charge in [0.1, 0.15) is 5.82 Å². The van der Waals surface area contributed by atoms with Gasteiger partial charge >= 0.3 is 6.01 Å². The molecule has 0 aliphatic heterocycles. The fourth-order valence-corrected chi connectivity index (χ4v) is 5.09. The first-order chi connectivity index (χ1) is 15.5. The highest BCUT2D eigenvalue weighted by atomic mass is 35.5. The average molecular weight is 494 g/mol. The van der Waals surface area contributed by atoms with E-state index in [9.17, 15) is 17.6 Å². The number of unbranched alkanes of at least 4 members (excludes halogenated alkanes) is 1. The molecule has 0 radical (unpaired) electrons. The van der Waals surface area contributed by atoms with Gasteiger partial charge in [0.2, 0.25) is 0 Å². The molecule has 176 valence electrons. The monoisotopic (exact) mass is 493 g/mol. The summed E-state index contributed by atoms with van der Waals surface area (Å²) in [5.41, 5.74) is 2.01. The minimum atomic E-state index is -3.41. The van der Waals surface area contributed by atoms with E-state index < -0.39 is 15.7 Å². The van der Waals surface area contributed by atoms with Gasteiger partial charge in [-0.25, -0.2) is 12.8 Å². The summed E-state index contributed by atoms with van der Waals surface area (Å²) in [5, 5.41) is 0.0385. The molecule has 0 saturated carbocycles. The molecular weight excluding hydrogens is 469 g/mol. The molecule has 0 bridgehead atoms. The topological polar surface area (TPSA) is 91.2 Å². The van der Waals surface area contributed by atoms with Crippen LogP contribution in [0.5, 0.6) is 11.8 Å². The summed E-state index contributed by atoms with van der Waals surface area (Å²) < 4.78 is 46.0. The molecule has 0 atom stereocenters. The second-order valence-electron chi connectivity index (χ2n) is 7.94. The van der Waals surface area contributed by atoms with Crippen LogP contribution in [0.15, 0.2) is 35.3 Å². The lowest BCUT2D eigenvalue weighted by Gasteiger charge is -2.13. The lowest BCUT2D eigenvalue weighted by atomic mass is 10.1. The van der Waals surface area contributed by atoms with E-state index >= 15 is 0 Å². The molecule has 10 heteroatoms. The molecule has 7 nitrogen and oxygen atoms in total. The number of hydrogen-bond acceptors (Lipinski definition) is 6. The summed E-state index contributed by atoms with van der Waals surface area (Å²) in [4.78, 5) is 20.8. The van der Waals surface area contributed by atoms with E-state index in [0.717, 1.165) is 12.5 Å². The zero-order valence-corrected chi connectivity index (χ0v) is 20.4. The van der Waals surface area contributed by atoms with Crippen LogP contribution in [0.25, 0.3) is 11.3 Å². The smallest absolute Gasteiger partial charge is 0.322 e. The molecule has 0 spiro atoms. The Morgan fingerprint density at radius 3 is 2.48 bits per heavy atom. The number of aryl methyl sites for hydroxylation is 3. The Labute approximate surface area is 197 Å². The quantitative estimate of drug-likeness (QED) is 0.449. The second kappa shape index (κ2) is 10.0. The minimum Gasteiger partial charge on any atom is -0.422 e. The van der Waals surface area contributed by atoms with Crippen LogP contribution < -0.4 is 10.3 Å². The number of pyridine rings is 1. The first-order valence-electron chi connectivity index (χ1n) is 10.4. The van der Waals surface area contributed by atoms with Crippen molar-refractivity contribution >= 4 is 21.4 Å². The fourth-order valence-electron chi connectivity index (χ4n) is 3.33. The lowest BCUT2D eigenvalue weighted by molar-refractivity contribution is 0.436. The van der Waals surface area contributed by atoms with Gasteiger partial charge in [-0.2, -0.15) is 9.97 Å². The highest BCUT2D eigenvalue weighted by molar-refractivity contribution is 7.90. The van der Waals surface area contributed by atoms with Crippen LogP contribution in [-0.4, -0.2) is 28.7 Å². The van der Waals surface area contributed by atoms with Crippen molar-refractivity contribution in [1.82, 2.24) is 14.5 Å². The third-order valence-corrected chi connectivity index (χ3v) is 6.91. The van der Waals surface area contributed by atoms with Gasteiger partial charge in [-0.1, -0.05) is 24.9 Å². The van der Waals surface area contributed by atoms with Crippen molar-refractivity contribution in [3.63, 3.8) is 0 Å². The van der Waals surface area contributed by atoms with Crippen molar-refractivity contribution in [2.45, 2.75) is 39.4 Å². The van der Waals surface area contributed by atoms with Gasteiger partial charge in [0, 0.05) is 24.4 Å². The zero-order chi connectivity index (χ0) is 24.3. The molecule has 0 saturated heterocycles. The number of nitrogens with zero attached hydrogens (tertiary/aromatic N) is 3. The number of ether oxygens (including phenoxy) is 1. The van der Waals surface area contributed by atoms with E-state index in [1.165, 1.54) is 10.6 Å². The van der Waals surface area contributed by atoms with Gasteiger partial charge in [-0.15, -0.1) is 0 Å². The minimum absolute atomic E-state index is 0.0385. The van der Waals surface area contributed by atoms with Gasteiger partial charge in [0.05, 0.1) is 27.9 Å². The number of aromatic nitrogens is 3. The number of hydrogen-bond donors (Lipinski definition) is 0. The molecule has 0 fully saturated rings. The number of benzene rings is 1. The summed E-state index contributed by atoms with van der Waals surface area (Å²) in [6, 6.07) is 5.48. The Hall–Kier alpha value is -2.78. The third-order valence-electron chi connectivity index (χ3n) is 4.98. The standard InChI is InChI=1S/C23H25ClFN3O4S/c1-5-6-7-33(30,31)13-18-11-20(16-8-15(3)22(29)28(4)12-16)27-23(26-18)32-21-14(2)9-17(25)10-19(21)24/h8-12H,5-7,13H2,1-4H3. The molecule has 0 amide bonds. The van der Waals surface area contributed by atoms with Gasteiger partial charge < -0.3 is 9.30 Å². The van der Waals surface area contributed by atoms with Crippen LogP contribution in [0.1, 0.15) is 36.6 Å². The Balaban J connectivity index is 2.11. The van der Waals surface area contributed by atoms with Crippen LogP contribution >= 0.6 is 11.6 Å². The summed E-state index contributed by atoms with van der Waals surface area (Å²) in [5.74, 6) is -0.588. The molecule has 1 aromatic carbocycles. The maximum absolute atomic E-state index is 13.6. The van der Waals surface area contributed by atoms with Crippen LogP contribution in [-0.2, 0) is 22.6 Å². The van der Waals surface area contributed by atoms with Crippen molar-refractivity contribution in [1.29, 1.82) is 0 Å². The zero-order valence-electron chi connectivity index (χ0n) is 18.9.